The number of nitrogens with zero attached hydrogens (tertiary/aromatic N) is 2. The van der Waals surface area contributed by atoms with Crippen LogP contribution < -0.4 is 0 Å². The van der Waals surface area contributed by atoms with E-state index in [4.69, 9.17) is 9.47 Å². The van der Waals surface area contributed by atoms with Crippen molar-refractivity contribution in [2.75, 3.05) is 52.6 Å². The molecule has 3 saturated carbocycles. The summed E-state index contributed by atoms with van der Waals surface area (Å²) in [5, 5.41) is 0. The van der Waals surface area contributed by atoms with Gasteiger partial charge in [0.15, 0.2) is 0 Å². The van der Waals surface area contributed by atoms with Gasteiger partial charge in [-0.25, -0.2) is 0 Å². The van der Waals surface area contributed by atoms with Crippen LogP contribution in [-0.4, -0.2) is 74.2 Å². The molecule has 0 aromatic heterocycles. The lowest BCUT2D eigenvalue weighted by Crippen LogP contribution is -2.56. The second-order valence-electron chi connectivity index (χ2n) is 12.3. The standard InChI is InChI=1S/C26H40N2O4/c29-21(27-13-11-23(17-27)3-1-15-31-19-23)25-5-8-26(9-6-25,10-7-25)22(30)28-14-12-24(18-28)4-2-16-32-20-24/h1-20H2. The minimum Gasteiger partial charge on any atom is -0.381 e. The summed E-state index contributed by atoms with van der Waals surface area (Å²) in [4.78, 5) is 31.8. The number of amides is 2. The summed E-state index contributed by atoms with van der Waals surface area (Å²) in [6.07, 6.45) is 12.3. The maximum Gasteiger partial charge on any atom is 0.228 e. The Morgan fingerprint density at radius 1 is 0.562 bits per heavy atom. The van der Waals surface area contributed by atoms with Gasteiger partial charge in [-0.3, -0.25) is 9.59 Å². The van der Waals surface area contributed by atoms with Crippen LogP contribution in [0.25, 0.3) is 0 Å². The molecule has 0 aromatic carbocycles. The summed E-state index contributed by atoms with van der Waals surface area (Å²) in [5.41, 5.74) is 0.0172. The first-order chi connectivity index (χ1) is 15.5. The first kappa shape index (κ1) is 21.4. The van der Waals surface area contributed by atoms with Gasteiger partial charge in [-0.2, -0.15) is 0 Å². The third-order valence-electron chi connectivity index (χ3n) is 10.4. The average molecular weight is 445 g/mol. The number of carbonyl (C=O) groups excluding carboxylic acids is 2. The molecule has 3 aliphatic carbocycles. The number of hydrogen-bond donors (Lipinski definition) is 0. The average Bonchev–Trinajstić information content (AvgIpc) is 3.45. The minimum atomic E-state index is -0.202. The molecular weight excluding hydrogens is 404 g/mol. The Kier molecular flexibility index (Phi) is 5.14. The van der Waals surface area contributed by atoms with Gasteiger partial charge in [-0.15, -0.1) is 0 Å². The molecule has 2 atom stereocenters. The van der Waals surface area contributed by atoms with Gasteiger partial charge in [0.2, 0.25) is 11.8 Å². The summed E-state index contributed by atoms with van der Waals surface area (Å²) in [6, 6.07) is 0. The zero-order chi connectivity index (χ0) is 21.9. The van der Waals surface area contributed by atoms with Gasteiger partial charge in [0.1, 0.15) is 0 Å². The molecule has 7 fully saturated rings. The van der Waals surface area contributed by atoms with Crippen molar-refractivity contribution >= 4 is 11.8 Å². The Hall–Kier alpha value is -1.14. The highest BCUT2D eigenvalue weighted by molar-refractivity contribution is 5.87. The van der Waals surface area contributed by atoms with Crippen molar-refractivity contribution in [1.29, 1.82) is 0 Å². The highest BCUT2D eigenvalue weighted by Gasteiger charge is 2.59. The second-order valence-corrected chi connectivity index (χ2v) is 12.3. The highest BCUT2D eigenvalue weighted by Crippen LogP contribution is 2.59. The molecule has 32 heavy (non-hydrogen) atoms. The topological polar surface area (TPSA) is 59.1 Å². The molecular formula is C26H40N2O4. The van der Waals surface area contributed by atoms with Crippen molar-refractivity contribution in [2.24, 2.45) is 21.7 Å². The Morgan fingerprint density at radius 2 is 0.969 bits per heavy atom. The van der Waals surface area contributed by atoms with Crippen LogP contribution in [-0.2, 0) is 19.1 Å². The molecule has 7 rings (SSSR count). The predicted molar refractivity (Wildman–Crippen MR) is 120 cm³/mol. The molecule has 2 amide bonds. The van der Waals surface area contributed by atoms with E-state index in [-0.39, 0.29) is 21.7 Å². The highest BCUT2D eigenvalue weighted by atomic mass is 16.5. The molecule has 2 unspecified atom stereocenters. The van der Waals surface area contributed by atoms with Crippen molar-refractivity contribution in [3.05, 3.63) is 0 Å². The van der Waals surface area contributed by atoms with Crippen LogP contribution in [0.2, 0.25) is 0 Å². The summed E-state index contributed by atoms with van der Waals surface area (Å²) in [6.45, 7) is 6.96. The van der Waals surface area contributed by atoms with E-state index in [2.05, 4.69) is 9.80 Å². The Bertz CT molecular complexity index is 679. The number of ether oxygens (including phenoxy) is 2. The molecule has 2 spiro atoms. The Balaban J connectivity index is 1.09. The first-order valence-electron chi connectivity index (χ1n) is 13.2. The molecule has 178 valence electrons. The minimum absolute atomic E-state index is 0.202. The molecule has 6 nitrogen and oxygen atoms in total. The van der Waals surface area contributed by atoms with E-state index in [0.29, 0.717) is 11.8 Å². The van der Waals surface area contributed by atoms with Gasteiger partial charge in [0.05, 0.1) is 13.2 Å². The van der Waals surface area contributed by atoms with Crippen molar-refractivity contribution in [2.45, 2.75) is 77.0 Å². The molecule has 4 saturated heterocycles. The first-order valence-corrected chi connectivity index (χ1v) is 13.2. The summed E-state index contributed by atoms with van der Waals surface area (Å²) in [5.74, 6) is 0.778. The Morgan fingerprint density at radius 3 is 1.31 bits per heavy atom. The number of fused-ring (bicyclic) bond motifs is 3. The molecule has 6 heteroatoms. The van der Waals surface area contributed by atoms with Gasteiger partial charge in [0, 0.05) is 61.1 Å². The SMILES string of the molecule is O=C(N1CCC2(CCCOC2)C1)C12CCC(C(=O)N3CCC4(CCCOC4)C3)(CC1)CC2. The van der Waals surface area contributed by atoms with E-state index < -0.39 is 0 Å². The van der Waals surface area contributed by atoms with Gasteiger partial charge in [-0.05, 0) is 77.0 Å². The predicted octanol–water partition coefficient (Wildman–Crippen LogP) is 3.39. The molecule has 7 aliphatic rings. The van der Waals surface area contributed by atoms with E-state index in [1.807, 2.05) is 0 Å². The van der Waals surface area contributed by atoms with E-state index in [1.165, 1.54) is 12.8 Å². The van der Waals surface area contributed by atoms with E-state index >= 15 is 0 Å². The zero-order valence-electron chi connectivity index (χ0n) is 19.7. The van der Waals surface area contributed by atoms with E-state index in [9.17, 15) is 9.59 Å². The fraction of sp³-hybridized carbons (Fsp3) is 0.923. The molecule has 4 aliphatic heterocycles. The number of likely N-dealkylation sites (tertiary alicyclic amines) is 2. The Labute approximate surface area is 192 Å². The maximum absolute atomic E-state index is 13.7. The number of rotatable bonds is 2. The zero-order valence-corrected chi connectivity index (χ0v) is 19.7. The molecule has 0 N–H and O–H groups in total. The molecule has 4 heterocycles. The van der Waals surface area contributed by atoms with E-state index in [0.717, 1.165) is 117 Å². The fourth-order valence-electron chi connectivity index (χ4n) is 8.18. The third-order valence-corrected chi connectivity index (χ3v) is 10.4. The largest absolute Gasteiger partial charge is 0.381 e. The van der Waals surface area contributed by atoms with Crippen LogP contribution in [0.15, 0.2) is 0 Å². The summed E-state index contributed by atoms with van der Waals surface area (Å²) < 4.78 is 11.6. The van der Waals surface area contributed by atoms with Crippen molar-refractivity contribution in [1.82, 2.24) is 9.80 Å². The quantitative estimate of drug-likeness (QED) is 0.655. The summed E-state index contributed by atoms with van der Waals surface area (Å²) >= 11 is 0. The van der Waals surface area contributed by atoms with Crippen LogP contribution in [0.1, 0.15) is 77.0 Å². The lowest BCUT2D eigenvalue weighted by atomic mass is 9.53. The normalized spacial score (nSPS) is 44.0. The van der Waals surface area contributed by atoms with Gasteiger partial charge in [-0.1, -0.05) is 0 Å². The lowest BCUT2D eigenvalue weighted by Gasteiger charge is -2.53. The van der Waals surface area contributed by atoms with Crippen LogP contribution in [0.5, 0.6) is 0 Å². The maximum atomic E-state index is 13.7. The number of carbonyl (C=O) groups is 2. The van der Waals surface area contributed by atoms with Crippen LogP contribution in [0.3, 0.4) is 0 Å². The smallest absolute Gasteiger partial charge is 0.228 e. The van der Waals surface area contributed by atoms with Gasteiger partial charge in [0.25, 0.3) is 0 Å². The van der Waals surface area contributed by atoms with Gasteiger partial charge < -0.3 is 19.3 Å². The number of hydrogen-bond acceptors (Lipinski definition) is 4. The van der Waals surface area contributed by atoms with Crippen molar-refractivity contribution in [3.63, 3.8) is 0 Å². The molecule has 0 aromatic rings. The van der Waals surface area contributed by atoms with Crippen molar-refractivity contribution < 1.29 is 19.1 Å². The lowest BCUT2D eigenvalue weighted by molar-refractivity contribution is -0.162. The molecule has 2 bridgehead atoms. The third kappa shape index (κ3) is 3.34. The van der Waals surface area contributed by atoms with Crippen LogP contribution in [0.4, 0.5) is 0 Å². The monoisotopic (exact) mass is 444 g/mol. The summed E-state index contributed by atoms with van der Waals surface area (Å²) in [7, 11) is 0. The van der Waals surface area contributed by atoms with Crippen LogP contribution >= 0.6 is 0 Å². The molecule has 0 radical (unpaired) electrons. The fourth-order valence-corrected chi connectivity index (χ4v) is 8.18. The van der Waals surface area contributed by atoms with E-state index in [1.54, 1.807) is 0 Å². The van der Waals surface area contributed by atoms with Gasteiger partial charge >= 0.3 is 0 Å². The second kappa shape index (κ2) is 7.69. The van der Waals surface area contributed by atoms with Crippen LogP contribution in [0, 0.1) is 21.7 Å². The van der Waals surface area contributed by atoms with Crippen molar-refractivity contribution in [3.8, 4) is 0 Å².